The van der Waals surface area contributed by atoms with E-state index >= 15 is 0 Å². The van der Waals surface area contributed by atoms with Crippen LogP contribution in [-0.2, 0) is 0 Å². The van der Waals surface area contributed by atoms with Crippen LogP contribution in [0.3, 0.4) is 0 Å². The number of hydrogen-bond acceptors (Lipinski definition) is 2. The standard InChI is InChI=1S/C14H15BrN2/c1-10-4-2-3-5-13(10)14(17-16)11-6-8-12(15)9-7-11/h2-9,14,17H,16H2,1H3. The first-order chi connectivity index (χ1) is 8.22. The van der Waals surface area contributed by atoms with Crippen LogP contribution in [0.5, 0.6) is 0 Å². The minimum atomic E-state index is 0.0318. The van der Waals surface area contributed by atoms with Gasteiger partial charge in [-0.05, 0) is 35.7 Å². The van der Waals surface area contributed by atoms with Crippen LogP contribution in [0.4, 0.5) is 0 Å². The summed E-state index contributed by atoms with van der Waals surface area (Å²) in [5, 5.41) is 0. The van der Waals surface area contributed by atoms with Gasteiger partial charge in [0.1, 0.15) is 0 Å². The van der Waals surface area contributed by atoms with E-state index in [-0.39, 0.29) is 6.04 Å². The number of hydrazine groups is 1. The molecule has 0 saturated heterocycles. The van der Waals surface area contributed by atoms with Crippen molar-refractivity contribution in [1.82, 2.24) is 5.43 Å². The maximum absolute atomic E-state index is 5.68. The molecule has 0 bridgehead atoms. The van der Waals surface area contributed by atoms with Crippen molar-refractivity contribution in [3.63, 3.8) is 0 Å². The van der Waals surface area contributed by atoms with Crippen LogP contribution in [-0.4, -0.2) is 0 Å². The van der Waals surface area contributed by atoms with Gasteiger partial charge in [-0.25, -0.2) is 5.43 Å². The zero-order valence-corrected chi connectivity index (χ0v) is 11.2. The number of nitrogens with two attached hydrogens (primary N) is 1. The van der Waals surface area contributed by atoms with Crippen LogP contribution in [0.25, 0.3) is 0 Å². The van der Waals surface area contributed by atoms with Gasteiger partial charge in [-0.2, -0.15) is 0 Å². The van der Waals surface area contributed by atoms with Gasteiger partial charge in [0.25, 0.3) is 0 Å². The van der Waals surface area contributed by atoms with Gasteiger partial charge in [0.05, 0.1) is 6.04 Å². The Kier molecular flexibility index (Phi) is 3.94. The number of hydrogen-bond donors (Lipinski definition) is 2. The molecule has 1 unspecified atom stereocenters. The first kappa shape index (κ1) is 12.3. The van der Waals surface area contributed by atoms with E-state index in [1.807, 2.05) is 24.3 Å². The SMILES string of the molecule is Cc1ccccc1C(NN)c1ccc(Br)cc1. The van der Waals surface area contributed by atoms with Crippen LogP contribution >= 0.6 is 15.9 Å². The highest BCUT2D eigenvalue weighted by Crippen LogP contribution is 2.25. The Morgan fingerprint density at radius 1 is 1.06 bits per heavy atom. The molecule has 17 heavy (non-hydrogen) atoms. The average molecular weight is 291 g/mol. The van der Waals surface area contributed by atoms with Crippen molar-refractivity contribution in [3.8, 4) is 0 Å². The summed E-state index contributed by atoms with van der Waals surface area (Å²) in [5.41, 5.74) is 6.48. The van der Waals surface area contributed by atoms with Crippen LogP contribution < -0.4 is 11.3 Å². The van der Waals surface area contributed by atoms with Gasteiger partial charge in [-0.3, -0.25) is 5.84 Å². The second-order valence-electron chi connectivity index (χ2n) is 4.01. The average Bonchev–Trinajstić information content (AvgIpc) is 2.35. The lowest BCUT2D eigenvalue weighted by Gasteiger charge is -2.19. The minimum Gasteiger partial charge on any atom is -0.271 e. The predicted molar refractivity (Wildman–Crippen MR) is 74.5 cm³/mol. The molecule has 0 amide bonds. The Hall–Kier alpha value is -1.16. The van der Waals surface area contributed by atoms with E-state index in [0.29, 0.717) is 0 Å². The summed E-state index contributed by atoms with van der Waals surface area (Å²) in [6.07, 6.45) is 0. The molecule has 1 atom stereocenters. The summed E-state index contributed by atoms with van der Waals surface area (Å²) in [6.45, 7) is 2.10. The Balaban J connectivity index is 2.40. The molecule has 0 heterocycles. The Labute approximate surface area is 110 Å². The van der Waals surface area contributed by atoms with E-state index in [2.05, 4.69) is 52.5 Å². The number of aryl methyl sites for hydroxylation is 1. The number of halogens is 1. The second-order valence-corrected chi connectivity index (χ2v) is 4.92. The lowest BCUT2D eigenvalue weighted by Crippen LogP contribution is -2.29. The lowest BCUT2D eigenvalue weighted by atomic mass is 9.96. The van der Waals surface area contributed by atoms with Crippen LogP contribution in [0, 0.1) is 6.92 Å². The molecule has 0 fully saturated rings. The number of nitrogens with one attached hydrogen (secondary N) is 1. The molecule has 0 aromatic heterocycles. The van der Waals surface area contributed by atoms with E-state index < -0.39 is 0 Å². The van der Waals surface area contributed by atoms with Crippen molar-refractivity contribution in [1.29, 1.82) is 0 Å². The normalized spacial score (nSPS) is 12.4. The van der Waals surface area contributed by atoms with E-state index in [1.54, 1.807) is 0 Å². The van der Waals surface area contributed by atoms with Crippen molar-refractivity contribution in [2.24, 2.45) is 5.84 Å². The van der Waals surface area contributed by atoms with Gasteiger partial charge >= 0.3 is 0 Å². The van der Waals surface area contributed by atoms with Gasteiger partial charge in [-0.15, -0.1) is 0 Å². The summed E-state index contributed by atoms with van der Waals surface area (Å²) in [7, 11) is 0. The molecule has 0 aliphatic heterocycles. The fourth-order valence-corrected chi connectivity index (χ4v) is 2.20. The van der Waals surface area contributed by atoms with Gasteiger partial charge in [-0.1, -0.05) is 52.3 Å². The lowest BCUT2D eigenvalue weighted by molar-refractivity contribution is 0.633. The molecular weight excluding hydrogens is 276 g/mol. The number of rotatable bonds is 3. The van der Waals surface area contributed by atoms with Crippen molar-refractivity contribution in [2.45, 2.75) is 13.0 Å². The molecule has 3 N–H and O–H groups in total. The molecule has 0 radical (unpaired) electrons. The first-order valence-corrected chi connectivity index (χ1v) is 6.29. The molecule has 88 valence electrons. The Morgan fingerprint density at radius 2 is 1.71 bits per heavy atom. The number of benzene rings is 2. The molecule has 2 nitrogen and oxygen atoms in total. The van der Waals surface area contributed by atoms with Crippen LogP contribution in [0.1, 0.15) is 22.7 Å². The maximum atomic E-state index is 5.68. The Morgan fingerprint density at radius 3 is 2.29 bits per heavy atom. The van der Waals surface area contributed by atoms with Crippen LogP contribution in [0.2, 0.25) is 0 Å². The van der Waals surface area contributed by atoms with Gasteiger partial charge in [0.15, 0.2) is 0 Å². The predicted octanol–water partition coefficient (Wildman–Crippen LogP) is 3.31. The van der Waals surface area contributed by atoms with Gasteiger partial charge in [0.2, 0.25) is 0 Å². The first-order valence-electron chi connectivity index (χ1n) is 5.49. The molecule has 3 heteroatoms. The van der Waals surface area contributed by atoms with E-state index in [9.17, 15) is 0 Å². The van der Waals surface area contributed by atoms with E-state index in [1.165, 1.54) is 11.1 Å². The highest BCUT2D eigenvalue weighted by Gasteiger charge is 2.13. The van der Waals surface area contributed by atoms with Crippen molar-refractivity contribution >= 4 is 15.9 Å². The third kappa shape index (κ3) is 2.75. The fraction of sp³-hybridized carbons (Fsp3) is 0.143. The highest BCUT2D eigenvalue weighted by molar-refractivity contribution is 9.10. The monoisotopic (exact) mass is 290 g/mol. The quantitative estimate of drug-likeness (QED) is 0.672. The summed E-state index contributed by atoms with van der Waals surface area (Å²) < 4.78 is 1.07. The molecule has 2 aromatic carbocycles. The zero-order chi connectivity index (χ0) is 12.3. The maximum Gasteiger partial charge on any atom is 0.0712 e. The highest BCUT2D eigenvalue weighted by atomic mass is 79.9. The molecular formula is C14H15BrN2. The molecule has 0 spiro atoms. The Bertz CT molecular complexity index is 494. The third-order valence-electron chi connectivity index (χ3n) is 2.87. The summed E-state index contributed by atoms with van der Waals surface area (Å²) in [5.74, 6) is 5.68. The molecule has 0 saturated carbocycles. The third-order valence-corrected chi connectivity index (χ3v) is 3.40. The van der Waals surface area contributed by atoms with E-state index in [4.69, 9.17) is 5.84 Å². The fourth-order valence-electron chi connectivity index (χ4n) is 1.93. The molecule has 2 aromatic rings. The molecule has 2 rings (SSSR count). The second kappa shape index (κ2) is 5.45. The van der Waals surface area contributed by atoms with Crippen molar-refractivity contribution in [3.05, 3.63) is 69.7 Å². The topological polar surface area (TPSA) is 38.0 Å². The van der Waals surface area contributed by atoms with Gasteiger partial charge < -0.3 is 0 Å². The van der Waals surface area contributed by atoms with Crippen LogP contribution in [0.15, 0.2) is 53.0 Å². The minimum absolute atomic E-state index is 0.0318. The zero-order valence-electron chi connectivity index (χ0n) is 9.65. The summed E-state index contributed by atoms with van der Waals surface area (Å²) in [4.78, 5) is 0. The summed E-state index contributed by atoms with van der Waals surface area (Å²) >= 11 is 3.44. The largest absolute Gasteiger partial charge is 0.271 e. The van der Waals surface area contributed by atoms with Crippen molar-refractivity contribution < 1.29 is 0 Å². The molecule has 0 aliphatic rings. The van der Waals surface area contributed by atoms with Crippen molar-refractivity contribution in [2.75, 3.05) is 0 Å². The summed E-state index contributed by atoms with van der Waals surface area (Å²) in [6, 6.07) is 16.5. The smallest absolute Gasteiger partial charge is 0.0712 e. The van der Waals surface area contributed by atoms with Gasteiger partial charge in [0, 0.05) is 4.47 Å². The molecule has 0 aliphatic carbocycles. The van der Waals surface area contributed by atoms with E-state index in [0.717, 1.165) is 10.0 Å².